The molecule has 2 aromatic heterocycles. The van der Waals surface area contributed by atoms with E-state index in [9.17, 15) is 27.5 Å². The molecule has 0 aliphatic carbocycles. The van der Waals surface area contributed by atoms with Crippen molar-refractivity contribution in [3.8, 4) is 0 Å². The highest BCUT2D eigenvalue weighted by Crippen LogP contribution is 2.42. The number of urea groups is 1. The molecule has 8 nitrogen and oxygen atoms in total. The fourth-order valence-electron chi connectivity index (χ4n) is 4.87. The lowest BCUT2D eigenvalue weighted by Crippen LogP contribution is -2.44. The summed E-state index contributed by atoms with van der Waals surface area (Å²) in [6.07, 6.45) is 0.250. The third-order valence-electron chi connectivity index (χ3n) is 6.50. The molecule has 2 N–H and O–H groups in total. The van der Waals surface area contributed by atoms with Gasteiger partial charge in [0.05, 0.1) is 23.9 Å². The average molecular weight is 492 g/mol. The maximum absolute atomic E-state index is 14.0. The van der Waals surface area contributed by atoms with Crippen molar-refractivity contribution in [1.82, 2.24) is 19.5 Å². The Hall–Kier alpha value is -3.41. The van der Waals surface area contributed by atoms with E-state index in [1.165, 1.54) is 15.6 Å². The lowest BCUT2D eigenvalue weighted by atomic mass is 9.97. The number of anilines is 2. The molecule has 2 saturated heterocycles. The first kappa shape index (κ1) is 23.3. The molecule has 0 bridgehead atoms. The zero-order chi connectivity index (χ0) is 24.7. The van der Waals surface area contributed by atoms with Gasteiger partial charge in [0.25, 0.3) is 0 Å². The van der Waals surface area contributed by atoms with Gasteiger partial charge in [-0.2, -0.15) is 18.3 Å². The van der Waals surface area contributed by atoms with Crippen LogP contribution in [0.4, 0.5) is 33.9 Å². The molecule has 5 rings (SSSR count). The minimum absolute atomic E-state index is 0.123. The van der Waals surface area contributed by atoms with Gasteiger partial charge in [0.2, 0.25) is 0 Å². The number of carbonyl (C=O) groups excluding carboxylic acids is 1. The normalized spacial score (nSPS) is 21.1. The summed E-state index contributed by atoms with van der Waals surface area (Å²) < 4.78 is 56.4. The van der Waals surface area contributed by atoms with Crippen LogP contribution in [-0.4, -0.2) is 56.4 Å². The highest BCUT2D eigenvalue weighted by atomic mass is 19.4. The number of aromatic nitrogens is 3. The zero-order valence-corrected chi connectivity index (χ0v) is 18.7. The molecular formula is C23H24F4N6O2. The van der Waals surface area contributed by atoms with Crippen LogP contribution in [0.2, 0.25) is 0 Å². The van der Waals surface area contributed by atoms with E-state index < -0.39 is 29.7 Å². The number of nitrogens with zero attached hydrogens (tertiary/aromatic N) is 5. The van der Waals surface area contributed by atoms with E-state index in [-0.39, 0.29) is 18.1 Å². The summed E-state index contributed by atoms with van der Waals surface area (Å²) in [5.41, 5.74) is -0.316. The van der Waals surface area contributed by atoms with Crippen LogP contribution in [0.15, 0.2) is 36.7 Å². The van der Waals surface area contributed by atoms with Crippen molar-refractivity contribution < 1.29 is 27.5 Å². The Labute approximate surface area is 198 Å². The van der Waals surface area contributed by atoms with Crippen molar-refractivity contribution in [2.24, 2.45) is 0 Å². The lowest BCUT2D eigenvalue weighted by molar-refractivity contribution is -0.138. The molecule has 1 aromatic carbocycles. The predicted molar refractivity (Wildman–Crippen MR) is 120 cm³/mol. The van der Waals surface area contributed by atoms with Crippen LogP contribution in [0.1, 0.15) is 42.9 Å². The number of alkyl halides is 3. The van der Waals surface area contributed by atoms with Crippen LogP contribution in [0.5, 0.6) is 0 Å². The second-order valence-electron chi connectivity index (χ2n) is 8.87. The van der Waals surface area contributed by atoms with E-state index in [0.29, 0.717) is 55.9 Å². The molecule has 0 unspecified atom stereocenters. The number of rotatable bonds is 3. The van der Waals surface area contributed by atoms with Crippen LogP contribution < -0.4 is 10.2 Å². The van der Waals surface area contributed by atoms with Crippen LogP contribution >= 0.6 is 0 Å². The number of amides is 2. The third kappa shape index (κ3) is 4.62. The quantitative estimate of drug-likeness (QED) is 0.535. The number of β-amino-alcohol motifs (C(OH)–C–C–N with tert-alkyl or cyclic N) is 1. The van der Waals surface area contributed by atoms with Gasteiger partial charge in [0.1, 0.15) is 17.3 Å². The molecule has 0 spiro atoms. The second-order valence-corrected chi connectivity index (χ2v) is 8.87. The van der Waals surface area contributed by atoms with E-state index in [1.54, 1.807) is 17.2 Å². The number of fused-ring (bicyclic) bond motifs is 1. The highest BCUT2D eigenvalue weighted by Gasteiger charge is 2.38. The van der Waals surface area contributed by atoms with E-state index in [2.05, 4.69) is 15.4 Å². The number of likely N-dealkylation sites (tertiary alicyclic amines) is 1. The number of hydrogen-bond donors (Lipinski definition) is 2. The summed E-state index contributed by atoms with van der Waals surface area (Å²) >= 11 is 0. The summed E-state index contributed by atoms with van der Waals surface area (Å²) in [5.74, 6) is -0.325. The van der Waals surface area contributed by atoms with E-state index >= 15 is 0 Å². The topological polar surface area (TPSA) is 86.0 Å². The number of benzene rings is 1. The van der Waals surface area contributed by atoms with Crippen LogP contribution in [0.25, 0.3) is 5.65 Å². The standard InChI is InChI=1S/C23H24F4N6O2/c24-14-5-6-17(23(25,26)27)16(11-14)19-4-2-9-32(19)20-7-10-33-21(30-20)18(12-28-33)29-22(35)31-8-1-3-15(34)13-31/h5-7,10-12,15,19,34H,1-4,8-9,13H2,(H,29,35)/t15-,19+/m0/s1. The zero-order valence-electron chi connectivity index (χ0n) is 18.7. The van der Waals surface area contributed by atoms with Gasteiger partial charge in [0.15, 0.2) is 5.65 Å². The summed E-state index contributed by atoms with van der Waals surface area (Å²) in [7, 11) is 0. The molecule has 0 radical (unpaired) electrons. The Morgan fingerprint density at radius 3 is 2.71 bits per heavy atom. The minimum Gasteiger partial charge on any atom is -0.391 e. The summed E-state index contributed by atoms with van der Waals surface area (Å²) in [5, 5.41) is 16.8. The maximum atomic E-state index is 14.0. The van der Waals surface area contributed by atoms with Crippen molar-refractivity contribution in [2.45, 2.75) is 44.0 Å². The van der Waals surface area contributed by atoms with Crippen molar-refractivity contribution in [1.29, 1.82) is 0 Å². The van der Waals surface area contributed by atoms with Gasteiger partial charge >= 0.3 is 12.2 Å². The molecule has 3 aromatic rings. The fraction of sp³-hybridized carbons (Fsp3) is 0.435. The van der Waals surface area contributed by atoms with Crippen LogP contribution in [0, 0.1) is 5.82 Å². The molecule has 2 fully saturated rings. The van der Waals surface area contributed by atoms with Gasteiger partial charge in [-0.15, -0.1) is 0 Å². The fourth-order valence-corrected chi connectivity index (χ4v) is 4.87. The Kier molecular flexibility index (Phi) is 5.99. The molecule has 12 heteroatoms. The Balaban J connectivity index is 1.45. The van der Waals surface area contributed by atoms with Crippen LogP contribution in [0.3, 0.4) is 0 Å². The third-order valence-corrected chi connectivity index (χ3v) is 6.50. The van der Waals surface area contributed by atoms with Crippen molar-refractivity contribution in [2.75, 3.05) is 29.9 Å². The molecule has 2 amide bonds. The van der Waals surface area contributed by atoms with Crippen molar-refractivity contribution in [3.63, 3.8) is 0 Å². The smallest absolute Gasteiger partial charge is 0.391 e. The van der Waals surface area contributed by atoms with Crippen molar-refractivity contribution in [3.05, 3.63) is 53.6 Å². The number of carbonyl (C=O) groups is 1. The second kappa shape index (κ2) is 8.99. The SMILES string of the molecule is O=C(Nc1cnn2ccc(N3CCC[C@@H]3c3cc(F)ccc3C(F)(F)F)nc12)N1CCC[C@H](O)C1. The highest BCUT2D eigenvalue weighted by molar-refractivity contribution is 5.93. The molecule has 186 valence electrons. The number of halogens is 4. The number of piperidine rings is 1. The lowest BCUT2D eigenvalue weighted by Gasteiger charge is -2.30. The maximum Gasteiger partial charge on any atom is 0.416 e. The molecule has 0 saturated carbocycles. The van der Waals surface area contributed by atoms with Gasteiger partial charge in [-0.1, -0.05) is 0 Å². The number of aliphatic hydroxyl groups excluding tert-OH is 1. The number of nitrogens with one attached hydrogen (secondary N) is 1. The minimum atomic E-state index is -4.61. The molecule has 2 aliphatic rings. The summed E-state index contributed by atoms with van der Waals surface area (Å²) in [6.45, 7) is 1.20. The summed E-state index contributed by atoms with van der Waals surface area (Å²) in [4.78, 5) is 20.5. The largest absolute Gasteiger partial charge is 0.416 e. The Morgan fingerprint density at radius 1 is 1.14 bits per heavy atom. The molecule has 4 heterocycles. The van der Waals surface area contributed by atoms with Gasteiger partial charge < -0.3 is 20.2 Å². The van der Waals surface area contributed by atoms with Crippen molar-refractivity contribution >= 4 is 23.2 Å². The van der Waals surface area contributed by atoms with E-state index in [4.69, 9.17) is 0 Å². The summed E-state index contributed by atoms with van der Waals surface area (Å²) in [6, 6.07) is 3.09. The monoisotopic (exact) mass is 492 g/mol. The first-order valence-corrected chi connectivity index (χ1v) is 11.4. The van der Waals surface area contributed by atoms with E-state index in [0.717, 1.165) is 18.2 Å². The predicted octanol–water partition coefficient (Wildman–Crippen LogP) is 4.22. The van der Waals surface area contributed by atoms with Gasteiger partial charge in [0, 0.05) is 25.8 Å². The van der Waals surface area contributed by atoms with E-state index in [1.807, 2.05) is 0 Å². The Morgan fingerprint density at radius 2 is 1.94 bits per heavy atom. The molecule has 2 aliphatic heterocycles. The van der Waals surface area contributed by atoms with Gasteiger partial charge in [-0.25, -0.2) is 18.7 Å². The molecule has 35 heavy (non-hydrogen) atoms. The van der Waals surface area contributed by atoms with Gasteiger partial charge in [-0.05, 0) is 55.5 Å². The first-order chi connectivity index (χ1) is 16.7. The first-order valence-electron chi connectivity index (χ1n) is 11.4. The van der Waals surface area contributed by atoms with Crippen LogP contribution in [-0.2, 0) is 6.18 Å². The number of aliphatic hydroxyl groups is 1. The average Bonchev–Trinajstić information content (AvgIpc) is 3.45. The number of hydrogen-bond acceptors (Lipinski definition) is 5. The Bertz CT molecular complexity index is 1250. The van der Waals surface area contributed by atoms with Gasteiger partial charge in [-0.3, -0.25) is 0 Å². The molecular weight excluding hydrogens is 468 g/mol. The molecule has 2 atom stereocenters.